The second-order valence-corrected chi connectivity index (χ2v) is 11.2. The molecule has 0 radical (unpaired) electrons. The standard InChI is InChI=1S/C34H32ClN3O4/c1-33(2)41-29-23(20-27(30(29)42-33)28(39)21-38-32-31(35)36-18-19-37-32)22-40-34(24-12-6-3-7-13-24,25-14-8-4-9-15-25)26-16-10-5-11-17-26/h3-20,27,29-30H,21-22H2,1-2H3,(H,37,38)/t27-,29+,30-/m0/s1. The molecule has 3 aromatic carbocycles. The highest BCUT2D eigenvalue weighted by molar-refractivity contribution is 6.31. The van der Waals surface area contributed by atoms with Gasteiger partial charge < -0.3 is 19.5 Å². The number of ether oxygens (including phenoxy) is 3. The number of anilines is 1. The van der Waals surface area contributed by atoms with Gasteiger partial charge in [0.15, 0.2) is 22.5 Å². The number of nitrogens with one attached hydrogen (secondary N) is 1. The zero-order chi connectivity index (χ0) is 29.2. The van der Waals surface area contributed by atoms with Crippen LogP contribution in [0.1, 0.15) is 30.5 Å². The Morgan fingerprint density at radius 1 is 0.881 bits per heavy atom. The predicted octanol–water partition coefficient (Wildman–Crippen LogP) is 6.20. The Morgan fingerprint density at radius 2 is 1.43 bits per heavy atom. The first-order valence-corrected chi connectivity index (χ1v) is 14.3. The van der Waals surface area contributed by atoms with E-state index in [2.05, 4.69) is 51.7 Å². The van der Waals surface area contributed by atoms with Crippen molar-refractivity contribution >= 4 is 23.2 Å². The van der Waals surface area contributed by atoms with Crippen LogP contribution < -0.4 is 5.32 Å². The van der Waals surface area contributed by atoms with Gasteiger partial charge in [0.2, 0.25) is 0 Å². The summed E-state index contributed by atoms with van der Waals surface area (Å²) in [5.41, 5.74) is 2.97. The monoisotopic (exact) mass is 581 g/mol. The summed E-state index contributed by atoms with van der Waals surface area (Å²) in [6.45, 7) is 3.98. The smallest absolute Gasteiger partial charge is 0.171 e. The van der Waals surface area contributed by atoms with Gasteiger partial charge in [-0.05, 0) is 36.1 Å². The Kier molecular flexibility index (Phi) is 7.92. The molecule has 0 unspecified atom stereocenters. The lowest BCUT2D eigenvalue weighted by atomic mass is 9.80. The van der Waals surface area contributed by atoms with E-state index in [1.165, 1.54) is 12.4 Å². The molecular weight excluding hydrogens is 550 g/mol. The van der Waals surface area contributed by atoms with Crippen LogP contribution in [0.4, 0.5) is 5.82 Å². The highest BCUT2D eigenvalue weighted by atomic mass is 35.5. The van der Waals surface area contributed by atoms with Gasteiger partial charge in [-0.2, -0.15) is 0 Å². The highest BCUT2D eigenvalue weighted by Crippen LogP contribution is 2.45. The lowest BCUT2D eigenvalue weighted by Gasteiger charge is -2.36. The first-order valence-electron chi connectivity index (χ1n) is 14.0. The molecule has 214 valence electrons. The Balaban J connectivity index is 1.33. The van der Waals surface area contributed by atoms with Gasteiger partial charge in [-0.3, -0.25) is 4.79 Å². The van der Waals surface area contributed by atoms with Crippen LogP contribution in [0.3, 0.4) is 0 Å². The SMILES string of the molecule is CC1(C)O[C@@H]2[C@H](O1)C(COC(c1ccccc1)(c1ccccc1)c1ccccc1)=C[C@H]2C(=O)CNc1nccnc1Cl. The number of hydrogen-bond donors (Lipinski definition) is 1. The minimum atomic E-state index is -0.901. The van der Waals surface area contributed by atoms with E-state index in [1.54, 1.807) is 0 Å². The molecule has 1 saturated heterocycles. The van der Waals surface area contributed by atoms with Crippen LogP contribution in [-0.4, -0.2) is 46.9 Å². The van der Waals surface area contributed by atoms with Crippen molar-refractivity contribution < 1.29 is 19.0 Å². The third-order valence-corrected chi connectivity index (χ3v) is 7.97. The number of nitrogens with zero attached hydrogens (tertiary/aromatic N) is 2. The van der Waals surface area contributed by atoms with Crippen molar-refractivity contribution in [1.82, 2.24) is 9.97 Å². The molecule has 0 saturated carbocycles. The third kappa shape index (κ3) is 5.49. The van der Waals surface area contributed by atoms with Crippen molar-refractivity contribution in [3.8, 4) is 0 Å². The maximum atomic E-state index is 13.5. The molecule has 1 N–H and O–H groups in total. The largest absolute Gasteiger partial charge is 0.360 e. The number of halogens is 1. The molecule has 7 nitrogen and oxygen atoms in total. The molecule has 0 amide bonds. The maximum Gasteiger partial charge on any atom is 0.171 e. The summed E-state index contributed by atoms with van der Waals surface area (Å²) in [6.07, 6.45) is 4.07. The average Bonchev–Trinajstić information content (AvgIpc) is 3.51. The number of carbonyl (C=O) groups is 1. The second-order valence-electron chi connectivity index (χ2n) is 10.9. The zero-order valence-electron chi connectivity index (χ0n) is 23.4. The topological polar surface area (TPSA) is 82.6 Å². The Morgan fingerprint density at radius 3 is 1.98 bits per heavy atom. The molecule has 6 rings (SSSR count). The number of rotatable bonds is 10. The van der Waals surface area contributed by atoms with Crippen LogP contribution in [0.5, 0.6) is 0 Å². The minimum Gasteiger partial charge on any atom is -0.360 e. The molecule has 1 aromatic heterocycles. The Bertz CT molecular complexity index is 1470. The molecule has 0 spiro atoms. The van der Waals surface area contributed by atoms with Crippen molar-refractivity contribution in [1.29, 1.82) is 0 Å². The fourth-order valence-electron chi connectivity index (χ4n) is 5.85. The Labute approximate surface area is 250 Å². The van der Waals surface area contributed by atoms with E-state index in [0.29, 0.717) is 5.82 Å². The molecule has 1 aliphatic carbocycles. The van der Waals surface area contributed by atoms with Gasteiger partial charge in [0.05, 0.1) is 19.1 Å². The first kappa shape index (κ1) is 28.2. The normalized spacial score (nSPS) is 21.0. The van der Waals surface area contributed by atoms with Gasteiger partial charge in [-0.25, -0.2) is 9.97 Å². The highest BCUT2D eigenvalue weighted by Gasteiger charge is 2.52. The van der Waals surface area contributed by atoms with Crippen LogP contribution in [0.15, 0.2) is 115 Å². The van der Waals surface area contributed by atoms with Crippen molar-refractivity contribution in [2.24, 2.45) is 5.92 Å². The quantitative estimate of drug-likeness (QED) is 0.176. The number of aromatic nitrogens is 2. The van der Waals surface area contributed by atoms with Crippen LogP contribution >= 0.6 is 11.6 Å². The van der Waals surface area contributed by atoms with E-state index in [0.717, 1.165) is 22.3 Å². The summed E-state index contributed by atoms with van der Waals surface area (Å²) in [7, 11) is 0. The van der Waals surface area contributed by atoms with Crippen LogP contribution in [0, 0.1) is 5.92 Å². The van der Waals surface area contributed by atoms with Gasteiger partial charge in [0.25, 0.3) is 0 Å². The maximum absolute atomic E-state index is 13.5. The van der Waals surface area contributed by atoms with Gasteiger partial charge in [-0.1, -0.05) is 109 Å². The van der Waals surface area contributed by atoms with E-state index in [1.807, 2.05) is 74.5 Å². The zero-order valence-corrected chi connectivity index (χ0v) is 24.2. The molecule has 8 heteroatoms. The van der Waals surface area contributed by atoms with Crippen molar-refractivity contribution in [3.63, 3.8) is 0 Å². The van der Waals surface area contributed by atoms with Crippen LogP contribution in [0.25, 0.3) is 0 Å². The van der Waals surface area contributed by atoms with Gasteiger partial charge in [0.1, 0.15) is 17.8 Å². The summed E-state index contributed by atoms with van der Waals surface area (Å²) < 4.78 is 19.7. The number of hydrogen-bond acceptors (Lipinski definition) is 7. The van der Waals surface area contributed by atoms with Crippen molar-refractivity contribution in [3.05, 3.63) is 137 Å². The molecule has 42 heavy (non-hydrogen) atoms. The molecule has 1 fully saturated rings. The fraction of sp³-hybridized carbons (Fsp3) is 0.265. The molecule has 2 heterocycles. The fourth-order valence-corrected chi connectivity index (χ4v) is 6.03. The van der Waals surface area contributed by atoms with Gasteiger partial charge in [-0.15, -0.1) is 0 Å². The van der Waals surface area contributed by atoms with E-state index >= 15 is 0 Å². The first-order chi connectivity index (χ1) is 20.4. The summed E-state index contributed by atoms with van der Waals surface area (Å²) in [6, 6.07) is 30.6. The number of benzene rings is 3. The van der Waals surface area contributed by atoms with Gasteiger partial charge in [0, 0.05) is 12.4 Å². The molecule has 4 aromatic rings. The molecule has 1 aliphatic heterocycles. The van der Waals surface area contributed by atoms with E-state index in [-0.39, 0.29) is 24.1 Å². The molecule has 3 atom stereocenters. The van der Waals surface area contributed by atoms with Crippen molar-refractivity contribution in [2.75, 3.05) is 18.5 Å². The summed E-state index contributed by atoms with van der Waals surface area (Å²) in [5, 5.41) is 3.22. The van der Waals surface area contributed by atoms with Gasteiger partial charge >= 0.3 is 0 Å². The van der Waals surface area contributed by atoms with Crippen LogP contribution in [0.2, 0.25) is 5.15 Å². The second kappa shape index (κ2) is 11.8. The molecule has 2 aliphatic rings. The number of carbonyl (C=O) groups excluding carboxylic acids is 1. The average molecular weight is 582 g/mol. The third-order valence-electron chi connectivity index (χ3n) is 7.69. The minimum absolute atomic E-state index is 0.0166. The summed E-state index contributed by atoms with van der Waals surface area (Å²) in [4.78, 5) is 21.7. The summed E-state index contributed by atoms with van der Waals surface area (Å²) >= 11 is 6.13. The van der Waals surface area contributed by atoms with Crippen LogP contribution in [-0.2, 0) is 24.6 Å². The number of fused-ring (bicyclic) bond motifs is 1. The number of Topliss-reactive ketones (excluding diaryl/α,β-unsaturated/α-hetero) is 1. The van der Waals surface area contributed by atoms with E-state index < -0.39 is 29.5 Å². The predicted molar refractivity (Wildman–Crippen MR) is 161 cm³/mol. The number of ketones is 1. The van der Waals surface area contributed by atoms with E-state index in [9.17, 15) is 4.79 Å². The summed E-state index contributed by atoms with van der Waals surface area (Å²) in [5.74, 6) is -1.08. The molecule has 0 bridgehead atoms. The molecular formula is C34H32ClN3O4. The lowest BCUT2D eigenvalue weighted by molar-refractivity contribution is -0.152. The van der Waals surface area contributed by atoms with E-state index in [4.69, 9.17) is 25.8 Å². The van der Waals surface area contributed by atoms with Crippen molar-refractivity contribution in [2.45, 2.75) is 37.4 Å². The lowest BCUT2D eigenvalue weighted by Crippen LogP contribution is -2.35. The Hall–Kier alpha value is -3.88.